The molecule has 1 fully saturated rings. The summed E-state index contributed by atoms with van der Waals surface area (Å²) in [6.07, 6.45) is 7.82. The van der Waals surface area contributed by atoms with Crippen LogP contribution < -0.4 is 0 Å². The van der Waals surface area contributed by atoms with E-state index < -0.39 is 0 Å². The van der Waals surface area contributed by atoms with Gasteiger partial charge in [0.25, 0.3) is 0 Å². The van der Waals surface area contributed by atoms with Gasteiger partial charge >= 0.3 is 0 Å². The molecule has 0 saturated heterocycles. The average Bonchev–Trinajstić information content (AvgIpc) is 2.46. The van der Waals surface area contributed by atoms with E-state index in [0.29, 0.717) is 5.92 Å². The molecule has 1 heterocycles. The van der Waals surface area contributed by atoms with Crippen molar-refractivity contribution >= 4 is 27.5 Å². The molecule has 1 aromatic heterocycles. The summed E-state index contributed by atoms with van der Waals surface area (Å²) in [6.45, 7) is 0. The van der Waals surface area contributed by atoms with Gasteiger partial charge in [0, 0.05) is 11.3 Å². The van der Waals surface area contributed by atoms with E-state index in [2.05, 4.69) is 15.9 Å². The van der Waals surface area contributed by atoms with Gasteiger partial charge < -0.3 is 4.42 Å². The van der Waals surface area contributed by atoms with Gasteiger partial charge in [-0.15, -0.1) is 11.6 Å². The largest absolute Gasteiger partial charge is 0.468 e. The fourth-order valence-electron chi connectivity index (χ4n) is 2.13. The highest BCUT2D eigenvalue weighted by atomic mass is 79.9. The summed E-state index contributed by atoms with van der Waals surface area (Å²) in [5.74, 6) is 1.43. The van der Waals surface area contributed by atoms with Crippen LogP contribution >= 0.6 is 27.5 Å². The monoisotopic (exact) mass is 276 g/mol. The Kier molecular flexibility index (Phi) is 3.56. The van der Waals surface area contributed by atoms with Gasteiger partial charge in [-0.2, -0.15) is 0 Å². The zero-order valence-electron chi connectivity index (χ0n) is 8.01. The first-order chi connectivity index (χ1) is 6.79. The van der Waals surface area contributed by atoms with Crippen LogP contribution in [0.4, 0.5) is 0 Å². The van der Waals surface area contributed by atoms with Crippen molar-refractivity contribution in [3.05, 3.63) is 22.6 Å². The van der Waals surface area contributed by atoms with Gasteiger partial charge in [0.1, 0.15) is 5.76 Å². The van der Waals surface area contributed by atoms with Crippen molar-refractivity contribution in [2.75, 3.05) is 0 Å². The fourth-order valence-corrected chi connectivity index (χ4v) is 3.02. The lowest BCUT2D eigenvalue weighted by Gasteiger charge is -2.17. The van der Waals surface area contributed by atoms with Crippen molar-refractivity contribution in [3.63, 3.8) is 0 Å². The summed E-state index contributed by atoms with van der Waals surface area (Å²) < 4.78 is 6.56. The van der Waals surface area contributed by atoms with Crippen LogP contribution in [0.5, 0.6) is 0 Å². The number of alkyl halides is 1. The van der Waals surface area contributed by atoms with Gasteiger partial charge in [0.15, 0.2) is 0 Å². The summed E-state index contributed by atoms with van der Waals surface area (Å²) in [5, 5.41) is 0.236. The first-order valence-electron chi connectivity index (χ1n) is 5.16. The molecule has 0 spiro atoms. The minimum atomic E-state index is 0.236. The SMILES string of the molecule is ClC1CCCCCC1c1occc1Br. The molecule has 0 aromatic carbocycles. The second kappa shape index (κ2) is 4.71. The Bertz CT molecular complexity index is 297. The van der Waals surface area contributed by atoms with E-state index in [0.717, 1.165) is 23.1 Å². The number of hydrogen-bond acceptors (Lipinski definition) is 1. The Balaban J connectivity index is 2.19. The molecule has 0 bridgehead atoms. The van der Waals surface area contributed by atoms with Crippen molar-refractivity contribution in [2.24, 2.45) is 0 Å². The third kappa shape index (κ3) is 2.17. The van der Waals surface area contributed by atoms with Crippen molar-refractivity contribution < 1.29 is 4.42 Å². The van der Waals surface area contributed by atoms with Crippen LogP contribution in [-0.4, -0.2) is 5.38 Å². The Morgan fingerprint density at radius 3 is 2.79 bits per heavy atom. The summed E-state index contributed by atoms with van der Waals surface area (Å²) in [7, 11) is 0. The van der Waals surface area contributed by atoms with E-state index in [1.54, 1.807) is 6.26 Å². The number of hydrogen-bond donors (Lipinski definition) is 0. The lowest BCUT2D eigenvalue weighted by atomic mass is 9.97. The van der Waals surface area contributed by atoms with E-state index in [1.807, 2.05) is 6.07 Å². The summed E-state index contributed by atoms with van der Waals surface area (Å²) >= 11 is 9.87. The molecule has 1 aliphatic rings. The van der Waals surface area contributed by atoms with Gasteiger partial charge in [-0.25, -0.2) is 0 Å². The van der Waals surface area contributed by atoms with Crippen LogP contribution in [0.3, 0.4) is 0 Å². The maximum Gasteiger partial charge on any atom is 0.122 e. The molecule has 2 unspecified atom stereocenters. The Morgan fingerprint density at radius 1 is 1.29 bits per heavy atom. The average molecular weight is 278 g/mol. The van der Waals surface area contributed by atoms with Crippen LogP contribution in [0, 0.1) is 0 Å². The third-order valence-corrected chi connectivity index (χ3v) is 4.09. The first kappa shape index (κ1) is 10.6. The summed E-state index contributed by atoms with van der Waals surface area (Å²) in [6, 6.07) is 1.95. The van der Waals surface area contributed by atoms with E-state index in [9.17, 15) is 0 Å². The van der Waals surface area contributed by atoms with Crippen molar-refractivity contribution in [3.8, 4) is 0 Å². The maximum absolute atomic E-state index is 6.37. The van der Waals surface area contributed by atoms with Crippen LogP contribution in [-0.2, 0) is 0 Å². The molecule has 0 amide bonds. The quantitative estimate of drug-likeness (QED) is 0.536. The van der Waals surface area contributed by atoms with Gasteiger partial charge in [-0.1, -0.05) is 19.3 Å². The molecule has 1 nitrogen and oxygen atoms in total. The zero-order chi connectivity index (χ0) is 9.97. The predicted octanol–water partition coefficient (Wildman–Crippen LogP) is 4.70. The molecule has 2 rings (SSSR count). The molecule has 1 aromatic rings. The summed E-state index contributed by atoms with van der Waals surface area (Å²) in [5.41, 5.74) is 0. The lowest BCUT2D eigenvalue weighted by molar-refractivity contribution is 0.435. The van der Waals surface area contributed by atoms with E-state index in [-0.39, 0.29) is 5.38 Å². The maximum atomic E-state index is 6.37. The number of rotatable bonds is 1. The molecule has 78 valence electrons. The van der Waals surface area contributed by atoms with Gasteiger partial charge in [0.05, 0.1) is 10.7 Å². The molecular formula is C11H14BrClO. The van der Waals surface area contributed by atoms with Gasteiger partial charge in [-0.3, -0.25) is 0 Å². The van der Waals surface area contributed by atoms with E-state index in [4.69, 9.17) is 16.0 Å². The molecule has 1 aliphatic carbocycles. The topological polar surface area (TPSA) is 13.1 Å². The standard InChI is InChI=1S/C11H14BrClO/c12-9-6-7-14-11(9)8-4-2-1-3-5-10(8)13/h6-8,10H,1-5H2. The van der Waals surface area contributed by atoms with Crippen molar-refractivity contribution in [1.82, 2.24) is 0 Å². The number of halogens is 2. The fraction of sp³-hybridized carbons (Fsp3) is 0.636. The molecule has 1 saturated carbocycles. The highest BCUT2D eigenvalue weighted by Gasteiger charge is 2.27. The van der Waals surface area contributed by atoms with Crippen LogP contribution in [0.15, 0.2) is 21.2 Å². The molecule has 0 radical (unpaired) electrons. The van der Waals surface area contributed by atoms with Crippen molar-refractivity contribution in [1.29, 1.82) is 0 Å². The molecule has 14 heavy (non-hydrogen) atoms. The van der Waals surface area contributed by atoms with E-state index >= 15 is 0 Å². The molecule has 3 heteroatoms. The Labute approximate surface area is 97.9 Å². The molecule has 2 atom stereocenters. The second-order valence-corrected chi connectivity index (χ2v) is 5.31. The second-order valence-electron chi connectivity index (χ2n) is 3.89. The van der Waals surface area contributed by atoms with Crippen LogP contribution in [0.2, 0.25) is 0 Å². The van der Waals surface area contributed by atoms with Crippen molar-refractivity contribution in [2.45, 2.75) is 43.4 Å². The molecular weight excluding hydrogens is 263 g/mol. The Hall–Kier alpha value is 0.0500. The minimum absolute atomic E-state index is 0.236. The van der Waals surface area contributed by atoms with Crippen LogP contribution in [0.1, 0.15) is 43.8 Å². The van der Waals surface area contributed by atoms with Crippen LogP contribution in [0.25, 0.3) is 0 Å². The first-order valence-corrected chi connectivity index (χ1v) is 6.39. The van der Waals surface area contributed by atoms with Gasteiger partial charge in [-0.05, 0) is 34.8 Å². The highest BCUT2D eigenvalue weighted by Crippen LogP contribution is 2.38. The van der Waals surface area contributed by atoms with Gasteiger partial charge in [0.2, 0.25) is 0 Å². The number of furan rings is 1. The molecule has 0 aliphatic heterocycles. The normalized spacial score (nSPS) is 28.7. The highest BCUT2D eigenvalue weighted by molar-refractivity contribution is 9.10. The molecule has 0 N–H and O–H groups in total. The summed E-state index contributed by atoms with van der Waals surface area (Å²) in [4.78, 5) is 0. The lowest BCUT2D eigenvalue weighted by Crippen LogP contribution is -2.10. The minimum Gasteiger partial charge on any atom is -0.468 e. The smallest absolute Gasteiger partial charge is 0.122 e. The van der Waals surface area contributed by atoms with E-state index in [1.165, 1.54) is 19.3 Å². The predicted molar refractivity (Wildman–Crippen MR) is 61.9 cm³/mol. The third-order valence-electron chi connectivity index (χ3n) is 2.91. The zero-order valence-corrected chi connectivity index (χ0v) is 10.4. The Morgan fingerprint density at radius 2 is 2.07 bits per heavy atom.